The predicted octanol–water partition coefficient (Wildman–Crippen LogP) is -2.84. The van der Waals surface area contributed by atoms with Crippen molar-refractivity contribution in [2.45, 2.75) is 77.4 Å². The fourth-order valence-electron chi connectivity index (χ4n) is 2.39. The molecule has 0 spiro atoms. The smallest absolute Gasteiger partial charge is 0.245 e. The highest BCUT2D eigenvalue weighted by Gasteiger charge is 2.32. The minimum Gasteiger partial charge on any atom is -0.394 e. The van der Waals surface area contributed by atoms with Crippen molar-refractivity contribution in [3.63, 3.8) is 0 Å². The van der Waals surface area contributed by atoms with Crippen LogP contribution in [0.5, 0.6) is 0 Å². The Morgan fingerprint density at radius 1 is 0.828 bits per heavy atom. The van der Waals surface area contributed by atoms with Crippen molar-refractivity contribution >= 4 is 23.5 Å². The van der Waals surface area contributed by atoms with Gasteiger partial charge in [0.1, 0.15) is 24.2 Å². The molecule has 0 rings (SSSR count). The highest BCUT2D eigenvalue weighted by molar-refractivity contribution is 5.95. The standard InChI is InChI=1S/C18H34N4O7/c1-8(2)6-12(20-17(28)14(19)10(4)25)16(27)22-15(11(5)26)18(29)21-13(7-23)9(3)24/h8,10-15,23,25-26H,6-7,19H2,1-5H3,(H,20,28)(H,21,29)(H,22,27). The second-order valence-corrected chi connectivity index (χ2v) is 7.54. The Hall–Kier alpha value is -2.08. The second kappa shape index (κ2) is 12.5. The quantitative estimate of drug-likeness (QED) is 0.176. The zero-order chi connectivity index (χ0) is 22.9. The molecular formula is C18H34N4O7. The van der Waals surface area contributed by atoms with Gasteiger partial charge in [0, 0.05) is 0 Å². The molecule has 0 heterocycles. The first-order valence-corrected chi connectivity index (χ1v) is 9.45. The van der Waals surface area contributed by atoms with Crippen LogP contribution in [0.2, 0.25) is 0 Å². The van der Waals surface area contributed by atoms with Crippen LogP contribution in [-0.4, -0.2) is 81.8 Å². The number of Topliss-reactive ketones (excluding diaryl/α,β-unsaturated/α-hetero) is 1. The van der Waals surface area contributed by atoms with E-state index in [0.717, 1.165) is 0 Å². The van der Waals surface area contributed by atoms with Crippen LogP contribution >= 0.6 is 0 Å². The van der Waals surface area contributed by atoms with Crippen LogP contribution in [0.1, 0.15) is 41.0 Å². The molecule has 6 atom stereocenters. The molecular weight excluding hydrogens is 384 g/mol. The first-order valence-electron chi connectivity index (χ1n) is 9.45. The van der Waals surface area contributed by atoms with Crippen molar-refractivity contribution in [2.24, 2.45) is 11.7 Å². The van der Waals surface area contributed by atoms with Gasteiger partial charge in [-0.15, -0.1) is 0 Å². The van der Waals surface area contributed by atoms with E-state index in [0.29, 0.717) is 0 Å². The van der Waals surface area contributed by atoms with Gasteiger partial charge in [-0.2, -0.15) is 0 Å². The van der Waals surface area contributed by atoms with Gasteiger partial charge < -0.3 is 37.0 Å². The SMILES string of the molecule is CC(=O)C(CO)NC(=O)C(NC(=O)C(CC(C)C)NC(=O)C(N)C(C)O)C(C)O. The highest BCUT2D eigenvalue weighted by Crippen LogP contribution is 2.07. The van der Waals surface area contributed by atoms with Crippen LogP contribution in [0.15, 0.2) is 0 Å². The number of carbonyl (C=O) groups excluding carboxylic acids is 4. The Labute approximate surface area is 170 Å². The maximum absolute atomic E-state index is 12.7. The summed E-state index contributed by atoms with van der Waals surface area (Å²) in [6.45, 7) is 6.78. The maximum atomic E-state index is 12.7. The lowest BCUT2D eigenvalue weighted by molar-refractivity contribution is -0.136. The Kier molecular flexibility index (Phi) is 11.6. The summed E-state index contributed by atoms with van der Waals surface area (Å²) in [5.41, 5.74) is 5.58. The van der Waals surface area contributed by atoms with Crippen LogP contribution in [-0.2, 0) is 19.2 Å². The Morgan fingerprint density at radius 2 is 1.34 bits per heavy atom. The van der Waals surface area contributed by atoms with E-state index in [1.165, 1.54) is 20.8 Å². The summed E-state index contributed by atoms with van der Waals surface area (Å²) in [5, 5.41) is 35.6. The molecule has 11 nitrogen and oxygen atoms in total. The molecule has 0 aliphatic carbocycles. The van der Waals surface area contributed by atoms with Gasteiger partial charge in [0.15, 0.2) is 5.78 Å². The molecule has 0 aromatic heterocycles. The van der Waals surface area contributed by atoms with Crippen molar-refractivity contribution < 1.29 is 34.5 Å². The van der Waals surface area contributed by atoms with E-state index < -0.39 is 66.5 Å². The van der Waals surface area contributed by atoms with Gasteiger partial charge in [0.2, 0.25) is 17.7 Å². The summed E-state index contributed by atoms with van der Waals surface area (Å²) >= 11 is 0. The van der Waals surface area contributed by atoms with Gasteiger partial charge in [0.25, 0.3) is 0 Å². The molecule has 0 aromatic carbocycles. The number of hydrogen-bond acceptors (Lipinski definition) is 8. The molecule has 29 heavy (non-hydrogen) atoms. The molecule has 6 unspecified atom stereocenters. The number of amides is 3. The summed E-state index contributed by atoms with van der Waals surface area (Å²) in [6, 6.07) is -4.90. The van der Waals surface area contributed by atoms with Crippen LogP contribution in [0.4, 0.5) is 0 Å². The molecule has 168 valence electrons. The van der Waals surface area contributed by atoms with Gasteiger partial charge in [-0.25, -0.2) is 0 Å². The lowest BCUT2D eigenvalue weighted by Crippen LogP contribution is -2.60. The number of nitrogens with two attached hydrogens (primary N) is 1. The summed E-state index contributed by atoms with van der Waals surface area (Å²) in [6.07, 6.45) is -2.23. The van der Waals surface area contributed by atoms with Crippen molar-refractivity contribution in [3.8, 4) is 0 Å². The fraction of sp³-hybridized carbons (Fsp3) is 0.778. The molecule has 0 bridgehead atoms. The fourth-order valence-corrected chi connectivity index (χ4v) is 2.39. The number of nitrogens with one attached hydrogen (secondary N) is 3. The van der Waals surface area contributed by atoms with Gasteiger partial charge in [-0.05, 0) is 33.1 Å². The first-order chi connectivity index (χ1) is 13.3. The molecule has 0 aromatic rings. The molecule has 3 amide bonds. The number of rotatable bonds is 12. The minimum atomic E-state index is -1.42. The van der Waals surface area contributed by atoms with Crippen molar-refractivity contribution in [1.29, 1.82) is 0 Å². The molecule has 0 aliphatic heterocycles. The van der Waals surface area contributed by atoms with Crippen molar-refractivity contribution in [2.75, 3.05) is 6.61 Å². The average molecular weight is 418 g/mol. The Morgan fingerprint density at radius 3 is 1.72 bits per heavy atom. The zero-order valence-corrected chi connectivity index (χ0v) is 17.5. The Balaban J connectivity index is 5.35. The third-order valence-corrected chi connectivity index (χ3v) is 4.21. The summed E-state index contributed by atoms with van der Waals surface area (Å²) in [4.78, 5) is 48.6. The van der Waals surface area contributed by atoms with Gasteiger partial charge >= 0.3 is 0 Å². The molecule has 0 fully saturated rings. The monoisotopic (exact) mass is 418 g/mol. The lowest BCUT2D eigenvalue weighted by Gasteiger charge is -2.27. The third-order valence-electron chi connectivity index (χ3n) is 4.21. The van der Waals surface area contributed by atoms with E-state index in [2.05, 4.69) is 16.0 Å². The van der Waals surface area contributed by atoms with Gasteiger partial charge in [-0.3, -0.25) is 19.2 Å². The molecule has 11 heteroatoms. The number of aliphatic hydroxyl groups is 3. The molecule has 8 N–H and O–H groups in total. The van der Waals surface area contributed by atoms with E-state index in [9.17, 15) is 29.4 Å². The van der Waals surface area contributed by atoms with Crippen LogP contribution in [0.25, 0.3) is 0 Å². The number of hydrogen-bond donors (Lipinski definition) is 7. The van der Waals surface area contributed by atoms with Crippen molar-refractivity contribution in [3.05, 3.63) is 0 Å². The maximum Gasteiger partial charge on any atom is 0.245 e. The largest absolute Gasteiger partial charge is 0.394 e. The topological polar surface area (TPSA) is 191 Å². The number of aliphatic hydroxyl groups excluding tert-OH is 3. The molecule has 0 aliphatic rings. The van der Waals surface area contributed by atoms with E-state index in [4.69, 9.17) is 10.8 Å². The molecule has 0 radical (unpaired) electrons. The third kappa shape index (κ3) is 9.31. The summed E-state index contributed by atoms with van der Waals surface area (Å²) < 4.78 is 0. The summed E-state index contributed by atoms with van der Waals surface area (Å²) in [7, 11) is 0. The number of ketones is 1. The lowest BCUT2D eigenvalue weighted by atomic mass is 10.0. The number of carbonyl (C=O) groups is 4. The highest BCUT2D eigenvalue weighted by atomic mass is 16.3. The van der Waals surface area contributed by atoms with Crippen LogP contribution < -0.4 is 21.7 Å². The van der Waals surface area contributed by atoms with Crippen LogP contribution in [0.3, 0.4) is 0 Å². The normalized spacial score (nSPS) is 17.4. The average Bonchev–Trinajstić information content (AvgIpc) is 2.61. The second-order valence-electron chi connectivity index (χ2n) is 7.54. The van der Waals surface area contributed by atoms with Crippen LogP contribution in [0, 0.1) is 5.92 Å². The van der Waals surface area contributed by atoms with E-state index >= 15 is 0 Å². The van der Waals surface area contributed by atoms with E-state index in [1.54, 1.807) is 0 Å². The minimum absolute atomic E-state index is 0.0101. The zero-order valence-electron chi connectivity index (χ0n) is 17.5. The van der Waals surface area contributed by atoms with Gasteiger partial charge in [0.05, 0.1) is 18.8 Å². The molecule has 0 saturated heterocycles. The van der Waals surface area contributed by atoms with Crippen molar-refractivity contribution in [1.82, 2.24) is 16.0 Å². The summed E-state index contributed by atoms with van der Waals surface area (Å²) in [5.74, 6) is -2.85. The molecule has 0 saturated carbocycles. The predicted molar refractivity (Wildman–Crippen MR) is 104 cm³/mol. The Bertz CT molecular complexity index is 581. The first kappa shape index (κ1) is 26.9. The van der Waals surface area contributed by atoms with E-state index in [1.807, 2.05) is 13.8 Å². The van der Waals surface area contributed by atoms with E-state index in [-0.39, 0.29) is 12.3 Å². The van der Waals surface area contributed by atoms with Gasteiger partial charge in [-0.1, -0.05) is 13.8 Å².